The van der Waals surface area contributed by atoms with Crippen LogP contribution in [0.2, 0.25) is 0 Å². The molecule has 3 aromatic rings. The molecule has 3 aromatic carbocycles. The van der Waals surface area contributed by atoms with Crippen molar-refractivity contribution in [3.8, 4) is 5.75 Å². The molecule has 0 spiro atoms. The van der Waals surface area contributed by atoms with Gasteiger partial charge in [0.15, 0.2) is 11.6 Å². The second-order valence-corrected chi connectivity index (χ2v) is 13.1. The fraction of sp³-hybridized carbons (Fsp3) is 0.308. The van der Waals surface area contributed by atoms with Crippen molar-refractivity contribution in [2.24, 2.45) is 23.7 Å². The zero-order valence-electron chi connectivity index (χ0n) is 26.0. The van der Waals surface area contributed by atoms with E-state index in [1.165, 1.54) is 11.0 Å². The lowest BCUT2D eigenvalue weighted by atomic mass is 9.44. The lowest BCUT2D eigenvalue weighted by Gasteiger charge is -2.55. The van der Waals surface area contributed by atoms with Crippen LogP contribution in [0.3, 0.4) is 0 Å². The molecule has 8 heteroatoms. The number of ketones is 2. The summed E-state index contributed by atoms with van der Waals surface area (Å²) >= 11 is 0. The summed E-state index contributed by atoms with van der Waals surface area (Å²) in [6.45, 7) is 1.79. The number of para-hydroxylation sites is 1. The lowest BCUT2D eigenvalue weighted by molar-refractivity contribution is -0.142. The van der Waals surface area contributed by atoms with E-state index in [1.807, 2.05) is 60.7 Å². The molecular weight excluding hydrogens is 594 g/mol. The number of nitrogens with zero attached hydrogens (tertiary/aromatic N) is 1. The number of fused-ring (bicyclic) bond motifs is 4. The predicted molar refractivity (Wildman–Crippen MR) is 173 cm³/mol. The van der Waals surface area contributed by atoms with Gasteiger partial charge in [0.25, 0.3) is 0 Å². The topological polar surface area (TPSA) is 129 Å². The van der Waals surface area contributed by atoms with E-state index in [4.69, 9.17) is 5.11 Å². The molecule has 47 heavy (non-hydrogen) atoms. The number of likely N-dealkylation sites (tertiary alicyclic amines) is 1. The number of Topliss-reactive ketones (excluding diaryl/α,β-unsaturated/α-hetero) is 1. The average molecular weight is 630 g/mol. The Morgan fingerprint density at radius 3 is 2.30 bits per heavy atom. The van der Waals surface area contributed by atoms with E-state index in [1.54, 1.807) is 31.2 Å². The van der Waals surface area contributed by atoms with E-state index >= 15 is 0 Å². The molecule has 7 rings (SSSR count). The van der Waals surface area contributed by atoms with Gasteiger partial charge in [-0.3, -0.25) is 28.9 Å². The van der Waals surface area contributed by atoms with Gasteiger partial charge >= 0.3 is 5.97 Å². The predicted octanol–water partition coefficient (Wildman–Crippen LogP) is 5.39. The quantitative estimate of drug-likeness (QED) is 0.265. The highest BCUT2D eigenvalue weighted by Crippen LogP contribution is 2.64. The number of carboxylic acids is 1. The first kappa shape index (κ1) is 30.5. The summed E-state index contributed by atoms with van der Waals surface area (Å²) in [6, 6.07) is 23.7. The number of carbonyl (C=O) groups excluding carboxylic acids is 4. The fourth-order valence-corrected chi connectivity index (χ4v) is 8.81. The van der Waals surface area contributed by atoms with Gasteiger partial charge in [-0.1, -0.05) is 90.5 Å². The molecule has 0 bridgehead atoms. The maximum absolute atomic E-state index is 15.0. The number of rotatable bonds is 7. The molecular formula is C39H35NO7. The van der Waals surface area contributed by atoms with Gasteiger partial charge in [-0.25, -0.2) is 0 Å². The number of aryl methyl sites for hydroxylation is 1. The number of benzene rings is 3. The zero-order chi connectivity index (χ0) is 33.0. The van der Waals surface area contributed by atoms with Crippen molar-refractivity contribution < 1.29 is 34.2 Å². The maximum Gasteiger partial charge on any atom is 0.303 e. The molecule has 0 radical (unpaired) electrons. The lowest BCUT2D eigenvalue weighted by Crippen LogP contribution is -2.58. The highest BCUT2D eigenvalue weighted by Gasteiger charge is 2.66. The molecule has 2 amide bonds. The van der Waals surface area contributed by atoms with Crippen LogP contribution in [0.4, 0.5) is 0 Å². The van der Waals surface area contributed by atoms with Gasteiger partial charge in [0.2, 0.25) is 11.8 Å². The molecule has 1 aliphatic heterocycles. The van der Waals surface area contributed by atoms with Crippen molar-refractivity contribution in [2.45, 2.75) is 43.9 Å². The average Bonchev–Trinajstić information content (AvgIpc) is 3.32. The third kappa shape index (κ3) is 4.60. The van der Waals surface area contributed by atoms with E-state index < -0.39 is 41.0 Å². The van der Waals surface area contributed by atoms with E-state index in [-0.39, 0.29) is 61.4 Å². The molecule has 1 saturated carbocycles. The summed E-state index contributed by atoms with van der Waals surface area (Å²) in [6.07, 6.45) is 3.83. The normalized spacial score (nSPS) is 28.3. The van der Waals surface area contributed by atoms with Gasteiger partial charge in [-0.05, 0) is 54.9 Å². The molecule has 2 N–H and O–H groups in total. The van der Waals surface area contributed by atoms with Crippen LogP contribution in [-0.2, 0) is 29.4 Å². The number of phenols is 1. The Bertz CT molecular complexity index is 1880. The number of phenolic OH excluding ortho intramolecular Hbond substituents is 1. The van der Waals surface area contributed by atoms with Gasteiger partial charge in [0.05, 0.1) is 17.3 Å². The number of hydrogen-bond donors (Lipinski definition) is 2. The Kier molecular flexibility index (Phi) is 7.54. The van der Waals surface area contributed by atoms with Gasteiger partial charge in [-0.2, -0.15) is 0 Å². The maximum atomic E-state index is 15.0. The Balaban J connectivity index is 1.45. The van der Waals surface area contributed by atoms with Crippen LogP contribution in [0, 0.1) is 30.6 Å². The molecule has 4 aliphatic rings. The highest BCUT2D eigenvalue weighted by atomic mass is 16.4. The molecule has 3 aliphatic carbocycles. The summed E-state index contributed by atoms with van der Waals surface area (Å²) in [5, 5.41) is 20.8. The Morgan fingerprint density at radius 2 is 1.60 bits per heavy atom. The second kappa shape index (κ2) is 11.6. The number of aromatic hydroxyl groups is 1. The van der Waals surface area contributed by atoms with Gasteiger partial charge in [-0.15, -0.1) is 0 Å². The molecule has 2 fully saturated rings. The number of carbonyl (C=O) groups is 5. The molecule has 6 unspecified atom stereocenters. The molecule has 238 valence electrons. The van der Waals surface area contributed by atoms with Crippen LogP contribution < -0.4 is 0 Å². The molecule has 1 saturated heterocycles. The summed E-state index contributed by atoms with van der Waals surface area (Å²) in [5.74, 6) is -5.77. The third-order valence-electron chi connectivity index (χ3n) is 10.8. The van der Waals surface area contributed by atoms with Crippen molar-refractivity contribution in [3.05, 3.63) is 119 Å². The molecule has 6 atom stereocenters. The van der Waals surface area contributed by atoms with Crippen LogP contribution in [-0.4, -0.2) is 51.0 Å². The Labute approximate surface area is 272 Å². The second-order valence-electron chi connectivity index (χ2n) is 13.1. The van der Waals surface area contributed by atoms with E-state index in [2.05, 4.69) is 0 Å². The smallest absolute Gasteiger partial charge is 0.303 e. The van der Waals surface area contributed by atoms with Gasteiger partial charge in [0, 0.05) is 35.9 Å². The molecule has 1 heterocycles. The Hall–Kier alpha value is -5.11. The number of aliphatic carboxylic acids is 1. The minimum absolute atomic E-state index is 0.0107. The van der Waals surface area contributed by atoms with Crippen LogP contribution in [0.15, 0.2) is 96.6 Å². The van der Waals surface area contributed by atoms with Crippen LogP contribution in [0.25, 0.3) is 5.57 Å². The number of hydrogen-bond acceptors (Lipinski definition) is 6. The monoisotopic (exact) mass is 629 g/mol. The van der Waals surface area contributed by atoms with E-state index in [0.29, 0.717) is 27.8 Å². The fourth-order valence-electron chi connectivity index (χ4n) is 8.81. The highest BCUT2D eigenvalue weighted by molar-refractivity contribution is 6.31. The van der Waals surface area contributed by atoms with Crippen LogP contribution >= 0.6 is 0 Å². The first-order valence-corrected chi connectivity index (χ1v) is 16.1. The minimum atomic E-state index is -1.41. The number of amides is 2. The van der Waals surface area contributed by atoms with Crippen molar-refractivity contribution in [2.75, 3.05) is 6.54 Å². The third-order valence-corrected chi connectivity index (χ3v) is 10.8. The van der Waals surface area contributed by atoms with Gasteiger partial charge < -0.3 is 10.2 Å². The van der Waals surface area contributed by atoms with Crippen LogP contribution in [0.1, 0.15) is 53.9 Å². The molecule has 0 aromatic heterocycles. The van der Waals surface area contributed by atoms with Crippen LogP contribution in [0.5, 0.6) is 5.75 Å². The summed E-state index contributed by atoms with van der Waals surface area (Å²) < 4.78 is 0. The first-order chi connectivity index (χ1) is 22.7. The molecule has 8 nitrogen and oxygen atoms in total. The standard InChI is InChI=1S/C39H35NO7/c1-22-10-8-15-27(35(22)44)34-25-17-18-26-33(38(47)40(37(26)46)19-9-16-32(42)43)29(25)20-30-36(45)28(23-11-4-2-5-12-23)21-31(41)39(30,34)24-13-6-3-7-14-24/h2-8,10-15,17,21,26,29-30,33-34,44H,9,16,18-20H2,1H3,(H,42,43). The zero-order valence-corrected chi connectivity index (χ0v) is 26.0. The van der Waals surface area contributed by atoms with E-state index in [9.17, 15) is 29.1 Å². The van der Waals surface area contributed by atoms with Crippen molar-refractivity contribution >= 4 is 34.9 Å². The number of allylic oxidation sites excluding steroid dienone is 4. The van der Waals surface area contributed by atoms with Crippen molar-refractivity contribution in [1.82, 2.24) is 4.90 Å². The van der Waals surface area contributed by atoms with Gasteiger partial charge in [0.1, 0.15) is 5.75 Å². The first-order valence-electron chi connectivity index (χ1n) is 16.1. The Morgan fingerprint density at radius 1 is 0.894 bits per heavy atom. The largest absolute Gasteiger partial charge is 0.507 e. The number of imide groups is 1. The van der Waals surface area contributed by atoms with E-state index in [0.717, 1.165) is 5.57 Å². The summed E-state index contributed by atoms with van der Waals surface area (Å²) in [7, 11) is 0. The number of carboxylic acid groups (broad SMARTS) is 1. The van der Waals surface area contributed by atoms with Crippen molar-refractivity contribution in [3.63, 3.8) is 0 Å². The summed E-state index contributed by atoms with van der Waals surface area (Å²) in [4.78, 5) is 70.0. The van der Waals surface area contributed by atoms with Crippen molar-refractivity contribution in [1.29, 1.82) is 0 Å². The summed E-state index contributed by atoms with van der Waals surface area (Å²) in [5.41, 5.74) is 2.07. The minimum Gasteiger partial charge on any atom is -0.507 e. The SMILES string of the molecule is Cc1cccc(C2C3=CCC4C(=O)N(CCCC(=O)O)C(=O)C4C3CC3C(=O)C(c4ccccc4)=CC(=O)C32c2ccccc2)c1O.